The number of piperidine rings is 1. The first-order chi connectivity index (χ1) is 12.6. The van der Waals surface area contributed by atoms with E-state index in [1.54, 1.807) is 11.3 Å². The summed E-state index contributed by atoms with van der Waals surface area (Å²) in [6.45, 7) is 5.85. The third-order valence-corrected chi connectivity index (χ3v) is 6.04. The highest BCUT2D eigenvalue weighted by atomic mass is 32.1. The van der Waals surface area contributed by atoms with E-state index in [0.29, 0.717) is 11.4 Å². The van der Waals surface area contributed by atoms with E-state index < -0.39 is 0 Å². The first kappa shape index (κ1) is 17.3. The molecule has 0 aromatic carbocycles. The Labute approximate surface area is 156 Å². The zero-order valence-corrected chi connectivity index (χ0v) is 16.1. The highest BCUT2D eigenvalue weighted by molar-refractivity contribution is 7.16. The first-order valence-corrected chi connectivity index (χ1v) is 10.2. The van der Waals surface area contributed by atoms with Crippen molar-refractivity contribution >= 4 is 33.0 Å². The number of nitrogens with zero attached hydrogens (tertiary/aromatic N) is 4. The molecule has 7 heteroatoms. The molecule has 4 heterocycles. The second-order valence-corrected chi connectivity index (χ2v) is 8.16. The molecule has 3 aromatic rings. The van der Waals surface area contributed by atoms with Crippen LogP contribution in [0.15, 0.2) is 22.3 Å². The first-order valence-electron chi connectivity index (χ1n) is 9.35. The molecular formula is C19H24N4O2S. The molecule has 1 aliphatic heterocycles. The van der Waals surface area contributed by atoms with Crippen LogP contribution in [-0.4, -0.2) is 38.1 Å². The SMILES string of the molecule is CCCc1nn(CC(=O)N2CCC[C@H](C)C2)c(=O)c2cc3ccsc3n12. The van der Waals surface area contributed by atoms with Gasteiger partial charge in [-0.15, -0.1) is 11.3 Å². The van der Waals surface area contributed by atoms with Gasteiger partial charge in [-0.2, -0.15) is 5.10 Å². The average molecular weight is 372 g/mol. The average Bonchev–Trinajstić information content (AvgIpc) is 3.20. The Kier molecular flexibility index (Phi) is 4.56. The third kappa shape index (κ3) is 2.94. The summed E-state index contributed by atoms with van der Waals surface area (Å²) in [5.74, 6) is 1.36. The van der Waals surface area contributed by atoms with E-state index in [0.717, 1.165) is 54.8 Å². The quantitative estimate of drug-likeness (QED) is 0.707. The molecule has 26 heavy (non-hydrogen) atoms. The molecule has 0 radical (unpaired) electrons. The van der Waals surface area contributed by atoms with Crippen LogP contribution in [0.2, 0.25) is 0 Å². The van der Waals surface area contributed by atoms with Crippen LogP contribution in [0, 0.1) is 5.92 Å². The smallest absolute Gasteiger partial charge is 0.291 e. The molecule has 0 spiro atoms. The zero-order chi connectivity index (χ0) is 18.3. The Morgan fingerprint density at radius 3 is 3.04 bits per heavy atom. The van der Waals surface area contributed by atoms with Gasteiger partial charge in [-0.3, -0.25) is 14.0 Å². The lowest BCUT2D eigenvalue weighted by atomic mass is 10.0. The Morgan fingerprint density at radius 2 is 2.27 bits per heavy atom. The maximum atomic E-state index is 12.9. The third-order valence-electron chi connectivity index (χ3n) is 5.13. The minimum absolute atomic E-state index is 0.00804. The maximum absolute atomic E-state index is 12.9. The van der Waals surface area contributed by atoms with Crippen LogP contribution in [0.1, 0.15) is 38.9 Å². The van der Waals surface area contributed by atoms with Crippen molar-refractivity contribution in [3.63, 3.8) is 0 Å². The molecule has 3 aromatic heterocycles. The van der Waals surface area contributed by atoms with Crippen molar-refractivity contribution in [2.24, 2.45) is 5.92 Å². The Hall–Kier alpha value is -2.15. The van der Waals surface area contributed by atoms with Gasteiger partial charge in [0.15, 0.2) is 0 Å². The van der Waals surface area contributed by atoms with Crippen LogP contribution < -0.4 is 5.56 Å². The number of amides is 1. The summed E-state index contributed by atoms with van der Waals surface area (Å²) in [6, 6.07) is 3.94. The van der Waals surface area contributed by atoms with Crippen LogP contribution in [0.4, 0.5) is 0 Å². The summed E-state index contributed by atoms with van der Waals surface area (Å²) in [7, 11) is 0. The molecule has 1 aliphatic rings. The number of rotatable bonds is 4. The molecule has 6 nitrogen and oxygen atoms in total. The topological polar surface area (TPSA) is 59.6 Å². The molecular weight excluding hydrogens is 348 g/mol. The zero-order valence-electron chi connectivity index (χ0n) is 15.3. The van der Waals surface area contributed by atoms with Crippen LogP contribution >= 0.6 is 11.3 Å². The second kappa shape index (κ2) is 6.87. The van der Waals surface area contributed by atoms with E-state index in [2.05, 4.69) is 18.9 Å². The van der Waals surface area contributed by atoms with Gasteiger partial charge < -0.3 is 4.90 Å². The standard InChI is InChI=1S/C19H24N4O2S/c1-3-5-16-20-22(12-17(24)21-8-4-6-13(2)11-21)18(25)15-10-14-7-9-26-19(14)23(15)16/h7,9-10,13H,3-6,8,11-12H2,1-2H3/t13-/m0/s1. The van der Waals surface area contributed by atoms with Crippen LogP contribution in [-0.2, 0) is 17.8 Å². The Morgan fingerprint density at radius 1 is 1.42 bits per heavy atom. The van der Waals surface area contributed by atoms with Gasteiger partial charge in [0.1, 0.15) is 22.7 Å². The summed E-state index contributed by atoms with van der Waals surface area (Å²) in [5.41, 5.74) is 0.428. The lowest BCUT2D eigenvalue weighted by Crippen LogP contribution is -2.43. The normalized spacial score (nSPS) is 18.1. The van der Waals surface area contributed by atoms with Gasteiger partial charge in [0.2, 0.25) is 5.91 Å². The number of hydrogen-bond donors (Lipinski definition) is 0. The van der Waals surface area contributed by atoms with Crippen LogP contribution in [0.3, 0.4) is 0 Å². The number of carbonyl (C=O) groups is 1. The molecule has 0 saturated carbocycles. The van der Waals surface area contributed by atoms with Crippen molar-refractivity contribution in [3.05, 3.63) is 33.7 Å². The number of hydrogen-bond acceptors (Lipinski definition) is 4. The van der Waals surface area contributed by atoms with E-state index in [1.165, 1.54) is 4.68 Å². The fourth-order valence-corrected chi connectivity index (χ4v) is 4.75. The number of likely N-dealkylation sites (tertiary alicyclic amines) is 1. The Bertz CT molecular complexity index is 1020. The molecule has 1 saturated heterocycles. The molecule has 1 amide bonds. The number of aromatic nitrogens is 3. The lowest BCUT2D eigenvalue weighted by molar-refractivity contribution is -0.133. The van der Waals surface area contributed by atoms with E-state index in [4.69, 9.17) is 0 Å². The van der Waals surface area contributed by atoms with Gasteiger partial charge in [-0.25, -0.2) is 4.68 Å². The lowest BCUT2D eigenvalue weighted by Gasteiger charge is -2.31. The van der Waals surface area contributed by atoms with E-state index in [9.17, 15) is 9.59 Å². The molecule has 1 atom stereocenters. The van der Waals surface area contributed by atoms with Crippen molar-refractivity contribution in [2.45, 2.75) is 46.1 Å². The predicted octanol–water partition coefficient (Wildman–Crippen LogP) is 2.92. The highest BCUT2D eigenvalue weighted by Crippen LogP contribution is 2.25. The van der Waals surface area contributed by atoms with E-state index >= 15 is 0 Å². The summed E-state index contributed by atoms with van der Waals surface area (Å²) >= 11 is 1.61. The van der Waals surface area contributed by atoms with Gasteiger partial charge in [0.25, 0.3) is 5.56 Å². The van der Waals surface area contributed by atoms with Crippen molar-refractivity contribution in [2.75, 3.05) is 13.1 Å². The van der Waals surface area contributed by atoms with Crippen LogP contribution in [0.25, 0.3) is 15.7 Å². The summed E-state index contributed by atoms with van der Waals surface area (Å²) in [5, 5.41) is 7.66. The van der Waals surface area contributed by atoms with Gasteiger partial charge in [0.05, 0.1) is 0 Å². The summed E-state index contributed by atoms with van der Waals surface area (Å²) in [6.07, 6.45) is 3.90. The summed E-state index contributed by atoms with van der Waals surface area (Å²) < 4.78 is 3.33. The minimum atomic E-state index is -0.188. The number of carbonyl (C=O) groups excluding carboxylic acids is 1. The van der Waals surface area contributed by atoms with E-state index in [1.807, 2.05) is 26.8 Å². The van der Waals surface area contributed by atoms with Crippen molar-refractivity contribution in [1.29, 1.82) is 0 Å². The van der Waals surface area contributed by atoms with Gasteiger partial charge in [-0.1, -0.05) is 13.8 Å². The predicted molar refractivity (Wildman–Crippen MR) is 104 cm³/mol. The second-order valence-electron chi connectivity index (χ2n) is 7.26. The van der Waals surface area contributed by atoms with Gasteiger partial charge >= 0.3 is 0 Å². The largest absolute Gasteiger partial charge is 0.341 e. The molecule has 1 fully saturated rings. The fourth-order valence-electron chi connectivity index (χ4n) is 3.84. The van der Waals surface area contributed by atoms with Crippen LogP contribution in [0.5, 0.6) is 0 Å². The fraction of sp³-hybridized carbons (Fsp3) is 0.526. The highest BCUT2D eigenvalue weighted by Gasteiger charge is 2.23. The molecule has 138 valence electrons. The van der Waals surface area contributed by atoms with Crippen molar-refractivity contribution in [1.82, 2.24) is 19.1 Å². The number of aryl methyl sites for hydroxylation is 1. The molecule has 4 rings (SSSR count). The summed E-state index contributed by atoms with van der Waals surface area (Å²) in [4.78, 5) is 28.6. The van der Waals surface area contributed by atoms with Gasteiger partial charge in [-0.05, 0) is 42.7 Å². The monoisotopic (exact) mass is 372 g/mol. The number of fused-ring (bicyclic) bond motifs is 3. The molecule has 0 unspecified atom stereocenters. The van der Waals surface area contributed by atoms with E-state index in [-0.39, 0.29) is 18.0 Å². The van der Waals surface area contributed by atoms with Crippen molar-refractivity contribution < 1.29 is 4.79 Å². The Balaban J connectivity index is 1.74. The van der Waals surface area contributed by atoms with Crippen molar-refractivity contribution in [3.8, 4) is 0 Å². The molecule has 0 aliphatic carbocycles. The molecule has 0 bridgehead atoms. The van der Waals surface area contributed by atoms with Gasteiger partial charge in [0, 0.05) is 24.9 Å². The maximum Gasteiger partial charge on any atom is 0.291 e. The number of thiophene rings is 1. The molecule has 0 N–H and O–H groups in total. The minimum Gasteiger partial charge on any atom is -0.341 e.